The van der Waals surface area contributed by atoms with E-state index in [0.29, 0.717) is 11.3 Å². The van der Waals surface area contributed by atoms with Gasteiger partial charge in [-0.2, -0.15) is 0 Å². The summed E-state index contributed by atoms with van der Waals surface area (Å²) in [5.74, 6) is -0.273. The Bertz CT molecular complexity index is 742. The number of H-pyrrole nitrogens is 1. The topological polar surface area (TPSA) is 78.3 Å². The molecule has 3 N–H and O–H groups in total. The molecule has 0 bridgehead atoms. The maximum atomic E-state index is 12.3. The highest BCUT2D eigenvalue weighted by Gasteiger charge is 2.17. The van der Waals surface area contributed by atoms with Gasteiger partial charge in [-0.15, -0.1) is 0 Å². The minimum Gasteiger partial charge on any atom is -0.463 e. The lowest BCUT2D eigenvalue weighted by Gasteiger charge is -2.16. The van der Waals surface area contributed by atoms with E-state index in [1.807, 2.05) is 24.3 Å². The van der Waals surface area contributed by atoms with Crippen molar-refractivity contribution < 1.29 is 14.3 Å². The number of nitrogens with one attached hydrogen (secondary N) is 2. The summed E-state index contributed by atoms with van der Waals surface area (Å²) < 4.78 is 5.23. The van der Waals surface area contributed by atoms with Crippen LogP contribution in [0, 0.1) is 0 Å². The summed E-state index contributed by atoms with van der Waals surface area (Å²) >= 11 is 0. The normalized spacial score (nSPS) is 12.5. The lowest BCUT2D eigenvalue weighted by molar-refractivity contribution is 0.0912. The molecule has 2 aromatic heterocycles. The third-order valence-corrected chi connectivity index (χ3v) is 3.76. The highest BCUT2D eigenvalue weighted by molar-refractivity contribution is 5.97. The highest BCUT2D eigenvalue weighted by atomic mass is 16.3. The van der Waals surface area contributed by atoms with Gasteiger partial charge in [-0.3, -0.25) is 4.79 Å². The van der Waals surface area contributed by atoms with E-state index >= 15 is 0 Å². The van der Waals surface area contributed by atoms with E-state index in [4.69, 9.17) is 4.42 Å². The lowest BCUT2D eigenvalue weighted by atomic mass is 10.0. The number of benzene rings is 1. The number of hydrogen-bond acceptors (Lipinski definition) is 3. The number of amides is 1. The molecule has 1 atom stereocenters. The van der Waals surface area contributed by atoms with Crippen LogP contribution in [0.2, 0.25) is 0 Å². The van der Waals surface area contributed by atoms with E-state index in [-0.39, 0.29) is 12.5 Å². The molecule has 0 radical (unpaired) electrons. The molecule has 0 spiro atoms. The molecule has 5 nitrogen and oxygen atoms in total. The summed E-state index contributed by atoms with van der Waals surface area (Å²) in [6, 6.07) is 10.9. The van der Waals surface area contributed by atoms with E-state index < -0.39 is 6.04 Å². The molecular formula is C17H18N2O3. The fraction of sp³-hybridized carbons (Fsp3) is 0.235. The summed E-state index contributed by atoms with van der Waals surface area (Å²) in [7, 11) is 0. The number of rotatable bonds is 5. The first-order valence-electron chi connectivity index (χ1n) is 7.28. The number of aliphatic hydroxyl groups is 1. The van der Waals surface area contributed by atoms with Crippen LogP contribution in [-0.4, -0.2) is 22.6 Å². The first-order chi connectivity index (χ1) is 10.7. The molecule has 0 aliphatic carbocycles. The van der Waals surface area contributed by atoms with Gasteiger partial charge in [0.15, 0.2) is 5.58 Å². The average Bonchev–Trinajstić information content (AvgIpc) is 3.14. The number of fused-ring (bicyclic) bond motifs is 1. The molecule has 3 aromatic rings. The van der Waals surface area contributed by atoms with E-state index in [1.165, 1.54) is 5.56 Å². The molecule has 0 saturated heterocycles. The van der Waals surface area contributed by atoms with Crippen LogP contribution in [0.5, 0.6) is 0 Å². The monoisotopic (exact) mass is 298 g/mol. The molecule has 2 heterocycles. The fourth-order valence-corrected chi connectivity index (χ4v) is 2.43. The standard InChI is InChI=1S/C17H18N2O3/c1-2-11-3-5-12(6-4-11)15(10-20)19-17(21)14-9-16-13(18-14)7-8-22-16/h3-9,15,18,20H,2,10H2,1H3,(H,19,21). The summed E-state index contributed by atoms with van der Waals surface area (Å²) in [5, 5.41) is 12.4. The molecule has 114 valence electrons. The molecular weight excluding hydrogens is 280 g/mol. The Morgan fingerprint density at radius 3 is 2.73 bits per heavy atom. The maximum Gasteiger partial charge on any atom is 0.268 e. The number of furan rings is 1. The molecule has 22 heavy (non-hydrogen) atoms. The number of carbonyl (C=O) groups is 1. The first-order valence-corrected chi connectivity index (χ1v) is 7.28. The van der Waals surface area contributed by atoms with Gasteiger partial charge in [0.05, 0.1) is 24.4 Å². The van der Waals surface area contributed by atoms with Crippen LogP contribution in [0.4, 0.5) is 0 Å². The number of carbonyl (C=O) groups excluding carboxylic acids is 1. The Kier molecular flexibility index (Phi) is 3.98. The maximum absolute atomic E-state index is 12.3. The van der Waals surface area contributed by atoms with Crippen LogP contribution in [-0.2, 0) is 6.42 Å². The van der Waals surface area contributed by atoms with Gasteiger partial charge in [0.2, 0.25) is 0 Å². The second kappa shape index (κ2) is 6.07. The SMILES string of the molecule is CCc1ccc(C(CO)NC(=O)c2cc3occc3[nH]2)cc1. The van der Waals surface area contributed by atoms with Crippen molar-refractivity contribution in [2.45, 2.75) is 19.4 Å². The fourth-order valence-electron chi connectivity index (χ4n) is 2.43. The molecule has 0 aliphatic rings. The second-order valence-corrected chi connectivity index (χ2v) is 5.19. The zero-order chi connectivity index (χ0) is 15.5. The summed E-state index contributed by atoms with van der Waals surface area (Å²) in [6.45, 7) is 1.93. The van der Waals surface area contributed by atoms with Crippen LogP contribution in [0.3, 0.4) is 0 Å². The van der Waals surface area contributed by atoms with Gasteiger partial charge in [0, 0.05) is 12.1 Å². The first kappa shape index (κ1) is 14.4. The quantitative estimate of drug-likeness (QED) is 0.677. The van der Waals surface area contributed by atoms with E-state index in [1.54, 1.807) is 18.4 Å². The summed E-state index contributed by atoms with van der Waals surface area (Å²) in [5.41, 5.74) is 3.92. The van der Waals surface area contributed by atoms with Gasteiger partial charge in [-0.25, -0.2) is 0 Å². The van der Waals surface area contributed by atoms with Crippen molar-refractivity contribution >= 4 is 17.0 Å². The predicted molar refractivity (Wildman–Crippen MR) is 83.7 cm³/mol. The van der Waals surface area contributed by atoms with Gasteiger partial charge in [-0.05, 0) is 17.5 Å². The van der Waals surface area contributed by atoms with E-state index in [0.717, 1.165) is 17.5 Å². The molecule has 1 aromatic carbocycles. The van der Waals surface area contributed by atoms with Crippen molar-refractivity contribution in [1.82, 2.24) is 10.3 Å². The Hall–Kier alpha value is -2.53. The van der Waals surface area contributed by atoms with Crippen LogP contribution in [0.25, 0.3) is 11.1 Å². The summed E-state index contributed by atoms with van der Waals surface area (Å²) in [6.07, 6.45) is 2.52. The van der Waals surface area contributed by atoms with Crippen LogP contribution in [0.15, 0.2) is 47.1 Å². The number of aryl methyl sites for hydroxylation is 1. The van der Waals surface area contributed by atoms with Crippen molar-refractivity contribution in [3.63, 3.8) is 0 Å². The number of hydrogen-bond donors (Lipinski definition) is 3. The molecule has 5 heteroatoms. The molecule has 3 rings (SSSR count). The van der Waals surface area contributed by atoms with Crippen molar-refractivity contribution in [3.8, 4) is 0 Å². The van der Waals surface area contributed by atoms with Crippen LogP contribution in [0.1, 0.15) is 34.6 Å². The second-order valence-electron chi connectivity index (χ2n) is 5.19. The van der Waals surface area contributed by atoms with Gasteiger partial charge in [-0.1, -0.05) is 31.2 Å². The van der Waals surface area contributed by atoms with Crippen molar-refractivity contribution in [1.29, 1.82) is 0 Å². The van der Waals surface area contributed by atoms with Crippen LogP contribution >= 0.6 is 0 Å². The zero-order valence-corrected chi connectivity index (χ0v) is 12.3. The van der Waals surface area contributed by atoms with Crippen LogP contribution < -0.4 is 5.32 Å². The van der Waals surface area contributed by atoms with Crippen molar-refractivity contribution in [2.75, 3.05) is 6.61 Å². The minimum atomic E-state index is -0.437. The smallest absolute Gasteiger partial charge is 0.268 e. The lowest BCUT2D eigenvalue weighted by Crippen LogP contribution is -2.31. The molecule has 0 aliphatic heterocycles. The molecule has 1 amide bonds. The van der Waals surface area contributed by atoms with Gasteiger partial charge < -0.3 is 19.8 Å². The highest BCUT2D eigenvalue weighted by Crippen LogP contribution is 2.18. The third kappa shape index (κ3) is 2.76. The molecule has 0 saturated carbocycles. The number of aromatic nitrogens is 1. The van der Waals surface area contributed by atoms with Gasteiger partial charge >= 0.3 is 0 Å². The predicted octanol–water partition coefficient (Wildman–Crippen LogP) is 2.79. The van der Waals surface area contributed by atoms with Crippen molar-refractivity contribution in [2.24, 2.45) is 0 Å². The zero-order valence-electron chi connectivity index (χ0n) is 12.3. The molecule has 1 unspecified atom stereocenters. The Morgan fingerprint density at radius 2 is 2.09 bits per heavy atom. The Morgan fingerprint density at radius 1 is 1.32 bits per heavy atom. The van der Waals surface area contributed by atoms with E-state index in [2.05, 4.69) is 17.2 Å². The Balaban J connectivity index is 1.76. The van der Waals surface area contributed by atoms with E-state index in [9.17, 15) is 9.90 Å². The molecule has 0 fully saturated rings. The third-order valence-electron chi connectivity index (χ3n) is 3.76. The van der Waals surface area contributed by atoms with Gasteiger partial charge in [0.25, 0.3) is 5.91 Å². The minimum absolute atomic E-state index is 0.159. The Labute approximate surface area is 128 Å². The average molecular weight is 298 g/mol. The largest absolute Gasteiger partial charge is 0.463 e. The number of aromatic amines is 1. The van der Waals surface area contributed by atoms with Crippen molar-refractivity contribution in [3.05, 3.63) is 59.5 Å². The van der Waals surface area contributed by atoms with Gasteiger partial charge in [0.1, 0.15) is 5.69 Å². The number of aliphatic hydroxyl groups excluding tert-OH is 1. The summed E-state index contributed by atoms with van der Waals surface area (Å²) in [4.78, 5) is 15.3.